The van der Waals surface area contributed by atoms with Crippen LogP contribution in [0.2, 0.25) is 0 Å². The summed E-state index contributed by atoms with van der Waals surface area (Å²) in [5.41, 5.74) is -5.72. The van der Waals surface area contributed by atoms with Gasteiger partial charge in [-0.2, -0.15) is 13.2 Å². The molecule has 0 bridgehead atoms. The van der Waals surface area contributed by atoms with E-state index in [2.05, 4.69) is 10.6 Å². The van der Waals surface area contributed by atoms with Gasteiger partial charge in [0.1, 0.15) is 5.69 Å². The topological polar surface area (TPSA) is 118 Å². The molecular formula is C17H14F3N3O5S. The van der Waals surface area contributed by atoms with Crippen LogP contribution in [0.5, 0.6) is 0 Å². The average Bonchev–Trinajstić information content (AvgIpc) is 3.47. The first-order valence-corrected chi connectivity index (χ1v) is 9.75. The molecule has 2 N–H and O–H groups in total. The molecule has 0 saturated heterocycles. The highest BCUT2D eigenvalue weighted by Gasteiger charge is 2.47. The standard InChI is InChI=1S/C17H14F3N3O5S/c18-17(19,20)29(27,28)13-7-8-14(15(9-13)23(25)26)21-11-3-5-12(6-4-11)22-16(24)10-1-2-10/h3-10,21H,1-2H2,(H,22,24). The molecule has 1 fully saturated rings. The summed E-state index contributed by atoms with van der Waals surface area (Å²) in [7, 11) is -5.71. The summed E-state index contributed by atoms with van der Waals surface area (Å²) in [4.78, 5) is 20.7. The van der Waals surface area contributed by atoms with E-state index in [4.69, 9.17) is 0 Å². The lowest BCUT2D eigenvalue weighted by Gasteiger charge is -2.11. The second kappa shape index (κ2) is 7.35. The van der Waals surface area contributed by atoms with Crippen LogP contribution in [0.4, 0.5) is 35.9 Å². The number of halogens is 3. The quantitative estimate of drug-likeness (QED) is 0.530. The van der Waals surface area contributed by atoms with Gasteiger partial charge >= 0.3 is 5.51 Å². The van der Waals surface area contributed by atoms with Gasteiger partial charge in [0, 0.05) is 23.4 Å². The zero-order chi connectivity index (χ0) is 21.4. The van der Waals surface area contributed by atoms with Crippen molar-refractivity contribution in [3.05, 3.63) is 52.6 Å². The van der Waals surface area contributed by atoms with Gasteiger partial charge in [-0.15, -0.1) is 0 Å². The normalized spacial score (nSPS) is 14.3. The Bertz CT molecular complexity index is 1060. The van der Waals surface area contributed by atoms with Crippen LogP contribution in [0.15, 0.2) is 47.4 Å². The third-order valence-electron chi connectivity index (χ3n) is 4.16. The fourth-order valence-corrected chi connectivity index (χ4v) is 3.23. The first kappa shape index (κ1) is 20.6. The van der Waals surface area contributed by atoms with Gasteiger partial charge in [-0.25, -0.2) is 8.42 Å². The van der Waals surface area contributed by atoms with Gasteiger partial charge in [0.15, 0.2) is 0 Å². The molecule has 1 saturated carbocycles. The lowest BCUT2D eigenvalue weighted by molar-refractivity contribution is -0.384. The second-order valence-electron chi connectivity index (χ2n) is 6.35. The van der Waals surface area contributed by atoms with Crippen LogP contribution in [-0.4, -0.2) is 24.8 Å². The minimum Gasteiger partial charge on any atom is -0.350 e. The van der Waals surface area contributed by atoms with E-state index in [9.17, 15) is 36.5 Å². The summed E-state index contributed by atoms with van der Waals surface area (Å²) in [6, 6.07) is 8.00. The van der Waals surface area contributed by atoms with Crippen LogP contribution < -0.4 is 10.6 Å². The Morgan fingerprint density at radius 1 is 1.07 bits per heavy atom. The maximum absolute atomic E-state index is 12.7. The lowest BCUT2D eigenvalue weighted by Crippen LogP contribution is -2.23. The van der Waals surface area contributed by atoms with Crippen molar-refractivity contribution >= 4 is 38.5 Å². The first-order chi connectivity index (χ1) is 13.5. The van der Waals surface area contributed by atoms with Crippen molar-refractivity contribution in [3.8, 4) is 0 Å². The fraction of sp³-hybridized carbons (Fsp3) is 0.235. The second-order valence-corrected chi connectivity index (χ2v) is 8.29. The highest BCUT2D eigenvalue weighted by molar-refractivity contribution is 7.92. The number of hydrogen-bond acceptors (Lipinski definition) is 6. The zero-order valence-corrected chi connectivity index (χ0v) is 15.4. The van der Waals surface area contributed by atoms with Crippen molar-refractivity contribution in [2.24, 2.45) is 5.92 Å². The highest BCUT2D eigenvalue weighted by Crippen LogP contribution is 2.36. The summed E-state index contributed by atoms with van der Waals surface area (Å²) in [5.74, 6) is -0.0789. The van der Waals surface area contributed by atoms with Crippen LogP contribution in [0.25, 0.3) is 0 Å². The van der Waals surface area contributed by atoms with Crippen molar-refractivity contribution in [1.82, 2.24) is 0 Å². The molecule has 0 radical (unpaired) electrons. The van der Waals surface area contributed by atoms with Gasteiger partial charge in [-0.1, -0.05) is 0 Å². The van der Waals surface area contributed by atoms with Gasteiger partial charge in [-0.05, 0) is 49.2 Å². The molecule has 3 rings (SSSR count). The third-order valence-corrected chi connectivity index (χ3v) is 5.64. The average molecular weight is 429 g/mol. The molecule has 12 heteroatoms. The minimum atomic E-state index is -5.71. The molecule has 1 aliphatic carbocycles. The SMILES string of the molecule is O=C(Nc1ccc(Nc2ccc(S(=O)(=O)C(F)(F)F)cc2[N+](=O)[O-])cc1)C1CC1. The number of nitro groups is 1. The van der Waals surface area contributed by atoms with E-state index >= 15 is 0 Å². The number of anilines is 3. The Balaban J connectivity index is 1.83. The summed E-state index contributed by atoms with van der Waals surface area (Å²) >= 11 is 0. The van der Waals surface area contributed by atoms with E-state index < -0.39 is 30.9 Å². The Kier molecular flexibility index (Phi) is 5.22. The van der Waals surface area contributed by atoms with Gasteiger partial charge < -0.3 is 10.6 Å². The fourth-order valence-electron chi connectivity index (χ4n) is 2.45. The molecule has 0 aromatic heterocycles. The monoisotopic (exact) mass is 429 g/mol. The van der Waals surface area contributed by atoms with Crippen molar-refractivity contribution < 1.29 is 31.3 Å². The van der Waals surface area contributed by atoms with Crippen LogP contribution in [-0.2, 0) is 14.6 Å². The van der Waals surface area contributed by atoms with Crippen molar-refractivity contribution in [2.75, 3.05) is 10.6 Å². The molecule has 8 nitrogen and oxygen atoms in total. The summed E-state index contributed by atoms with van der Waals surface area (Å²) in [6.07, 6.45) is 1.68. The van der Waals surface area contributed by atoms with Crippen LogP contribution >= 0.6 is 0 Å². The third kappa shape index (κ3) is 4.47. The molecule has 0 aliphatic heterocycles. The lowest BCUT2D eigenvalue weighted by atomic mass is 10.2. The van der Waals surface area contributed by atoms with Crippen LogP contribution in [0.1, 0.15) is 12.8 Å². The smallest absolute Gasteiger partial charge is 0.350 e. The van der Waals surface area contributed by atoms with Crippen LogP contribution in [0.3, 0.4) is 0 Å². The maximum atomic E-state index is 12.7. The number of nitrogens with one attached hydrogen (secondary N) is 2. The minimum absolute atomic E-state index is 0.0157. The summed E-state index contributed by atoms with van der Waals surface area (Å²) in [6.45, 7) is 0. The van der Waals surface area contributed by atoms with Crippen molar-refractivity contribution in [3.63, 3.8) is 0 Å². The predicted octanol–water partition coefficient (Wildman–Crippen LogP) is 3.98. The van der Waals surface area contributed by atoms with Gasteiger partial charge in [0.25, 0.3) is 15.5 Å². The number of sulfone groups is 1. The Labute approximate surface area is 162 Å². The largest absolute Gasteiger partial charge is 0.501 e. The molecule has 2 aromatic rings. The number of hydrogen-bond donors (Lipinski definition) is 2. The van der Waals surface area contributed by atoms with Gasteiger partial charge in [-0.3, -0.25) is 14.9 Å². The molecule has 2 aromatic carbocycles. The number of carbonyl (C=O) groups excluding carboxylic acids is 1. The Morgan fingerprint density at radius 2 is 1.66 bits per heavy atom. The number of carbonyl (C=O) groups is 1. The zero-order valence-electron chi connectivity index (χ0n) is 14.6. The highest BCUT2D eigenvalue weighted by atomic mass is 32.2. The molecular weight excluding hydrogens is 415 g/mol. The number of benzene rings is 2. The van der Waals surface area contributed by atoms with Crippen molar-refractivity contribution in [1.29, 1.82) is 0 Å². The van der Waals surface area contributed by atoms with E-state index in [0.29, 0.717) is 23.5 Å². The number of rotatable bonds is 6. The number of nitro benzene ring substituents is 1. The van der Waals surface area contributed by atoms with Gasteiger partial charge in [0.05, 0.1) is 9.82 Å². The van der Waals surface area contributed by atoms with E-state index in [0.717, 1.165) is 18.9 Å². The summed E-state index contributed by atoms with van der Waals surface area (Å²) in [5, 5.41) is 16.6. The van der Waals surface area contributed by atoms with E-state index in [1.54, 1.807) is 12.1 Å². The first-order valence-electron chi connectivity index (χ1n) is 8.27. The molecule has 0 unspecified atom stereocenters. The Morgan fingerprint density at radius 3 is 2.17 bits per heavy atom. The van der Waals surface area contributed by atoms with E-state index in [-0.39, 0.29) is 17.5 Å². The molecule has 1 amide bonds. The molecule has 0 heterocycles. The number of nitrogens with zero attached hydrogens (tertiary/aromatic N) is 1. The van der Waals surface area contributed by atoms with Crippen molar-refractivity contribution in [2.45, 2.75) is 23.2 Å². The molecule has 0 spiro atoms. The van der Waals surface area contributed by atoms with E-state index in [1.165, 1.54) is 12.1 Å². The molecule has 1 aliphatic rings. The van der Waals surface area contributed by atoms with E-state index in [1.807, 2.05) is 0 Å². The predicted molar refractivity (Wildman–Crippen MR) is 97.4 cm³/mol. The Hall–Kier alpha value is -3.15. The van der Waals surface area contributed by atoms with Gasteiger partial charge in [0.2, 0.25) is 5.91 Å². The van der Waals surface area contributed by atoms with Crippen LogP contribution in [0, 0.1) is 16.0 Å². The molecule has 154 valence electrons. The molecule has 0 atom stereocenters. The maximum Gasteiger partial charge on any atom is 0.501 e. The number of amides is 1. The molecule has 29 heavy (non-hydrogen) atoms. The summed E-state index contributed by atoms with van der Waals surface area (Å²) < 4.78 is 61.0. The number of alkyl halides is 3.